The van der Waals surface area contributed by atoms with Crippen LogP contribution in [0.15, 0.2) is 0 Å². The summed E-state index contributed by atoms with van der Waals surface area (Å²) in [5.74, 6) is 1.10. The van der Waals surface area contributed by atoms with Crippen molar-refractivity contribution >= 4 is 11.8 Å². The highest BCUT2D eigenvalue weighted by Gasteiger charge is 2.70. The summed E-state index contributed by atoms with van der Waals surface area (Å²) in [6.07, 6.45) is 6.58. The third-order valence-electron chi connectivity index (χ3n) is 11.2. The van der Waals surface area contributed by atoms with Crippen molar-refractivity contribution < 1.29 is 19.4 Å². The number of carbonyl (C=O) groups is 2. The van der Waals surface area contributed by atoms with E-state index in [9.17, 15) is 14.7 Å². The fraction of sp³-hybridized carbons (Fsp3) is 0.923. The van der Waals surface area contributed by atoms with E-state index in [4.69, 9.17) is 4.74 Å². The van der Waals surface area contributed by atoms with Crippen LogP contribution in [0.3, 0.4) is 0 Å². The van der Waals surface area contributed by atoms with Crippen LogP contribution in [0.25, 0.3) is 0 Å². The second-order valence-electron chi connectivity index (χ2n) is 12.5. The zero-order valence-corrected chi connectivity index (χ0v) is 20.1. The van der Waals surface area contributed by atoms with Gasteiger partial charge >= 0.3 is 5.97 Å². The van der Waals surface area contributed by atoms with Crippen molar-refractivity contribution in [3.63, 3.8) is 0 Å². The minimum Gasteiger partial charge on any atom is -0.462 e. The van der Waals surface area contributed by atoms with E-state index >= 15 is 0 Å². The van der Waals surface area contributed by atoms with Gasteiger partial charge < -0.3 is 9.84 Å². The molecule has 4 rings (SSSR count). The Labute approximate surface area is 182 Å². The molecule has 0 radical (unpaired) electrons. The molecular weight excluding hydrogens is 376 g/mol. The number of Topliss-reactive ketones (excluding diaryl/α,β-unsaturated/α-hetero) is 1. The smallest absolute Gasteiger partial charge is 0.302 e. The van der Waals surface area contributed by atoms with E-state index in [1.54, 1.807) is 6.92 Å². The van der Waals surface area contributed by atoms with Crippen LogP contribution in [0.4, 0.5) is 0 Å². The highest BCUT2D eigenvalue weighted by atomic mass is 16.5. The summed E-state index contributed by atoms with van der Waals surface area (Å²) in [5, 5.41) is 11.4. The monoisotopic (exact) mass is 418 g/mol. The molecule has 4 aliphatic carbocycles. The van der Waals surface area contributed by atoms with Crippen LogP contribution in [0.2, 0.25) is 0 Å². The minimum atomic E-state index is -0.394. The first-order valence-electron chi connectivity index (χ1n) is 12.1. The number of hydrogen-bond acceptors (Lipinski definition) is 4. The summed E-state index contributed by atoms with van der Waals surface area (Å²) in [7, 11) is 0. The van der Waals surface area contributed by atoms with E-state index in [1.165, 1.54) is 6.92 Å². The fourth-order valence-electron chi connectivity index (χ4n) is 9.60. The molecule has 4 aliphatic rings. The fourth-order valence-corrected chi connectivity index (χ4v) is 9.60. The van der Waals surface area contributed by atoms with Crippen LogP contribution in [-0.4, -0.2) is 29.1 Å². The van der Waals surface area contributed by atoms with Gasteiger partial charge in [-0.15, -0.1) is 0 Å². The molecule has 9 atom stereocenters. The Morgan fingerprint density at radius 1 is 0.867 bits per heavy atom. The first-order valence-corrected chi connectivity index (χ1v) is 12.1. The number of hydrogen-bond donors (Lipinski definition) is 1. The zero-order valence-electron chi connectivity index (χ0n) is 20.1. The number of ketones is 1. The number of esters is 1. The quantitative estimate of drug-likeness (QED) is 0.629. The highest BCUT2D eigenvalue weighted by molar-refractivity contribution is 5.79. The molecule has 0 aliphatic heterocycles. The Bertz CT molecular complexity index is 743. The van der Waals surface area contributed by atoms with Gasteiger partial charge in [-0.1, -0.05) is 34.6 Å². The van der Waals surface area contributed by atoms with E-state index in [1.807, 2.05) is 0 Å². The van der Waals surface area contributed by atoms with Gasteiger partial charge in [-0.25, -0.2) is 0 Å². The van der Waals surface area contributed by atoms with Crippen molar-refractivity contribution in [2.45, 2.75) is 106 Å². The number of fused-ring (bicyclic) bond motifs is 5. The van der Waals surface area contributed by atoms with Crippen molar-refractivity contribution in [2.24, 2.45) is 45.3 Å². The number of aliphatic hydroxyl groups is 1. The summed E-state index contributed by atoms with van der Waals surface area (Å²) >= 11 is 0. The standard InChI is InChI=1S/C26H42O4/c1-15(27)17-8-12-26(7)22(17)18(29)14-20-24(5)11-10-21(30-16(2)28)23(3,4)19(24)9-13-25(20,26)6/h17-22,29H,8-14H2,1-7H3. The van der Waals surface area contributed by atoms with Crippen LogP contribution in [-0.2, 0) is 14.3 Å². The molecule has 4 nitrogen and oxygen atoms in total. The molecule has 0 saturated heterocycles. The minimum absolute atomic E-state index is 0.0104. The second kappa shape index (κ2) is 6.80. The topological polar surface area (TPSA) is 63.6 Å². The van der Waals surface area contributed by atoms with Crippen molar-refractivity contribution in [3.05, 3.63) is 0 Å². The molecule has 0 aromatic heterocycles. The van der Waals surface area contributed by atoms with Crippen LogP contribution in [0.5, 0.6) is 0 Å². The molecule has 0 bridgehead atoms. The third-order valence-corrected chi connectivity index (χ3v) is 11.2. The lowest BCUT2D eigenvalue weighted by Crippen LogP contribution is -2.66. The zero-order chi connectivity index (χ0) is 22.3. The lowest BCUT2D eigenvalue weighted by Gasteiger charge is -2.70. The molecule has 1 N–H and O–H groups in total. The van der Waals surface area contributed by atoms with Crippen molar-refractivity contribution in [2.75, 3.05) is 0 Å². The van der Waals surface area contributed by atoms with Gasteiger partial charge in [0.2, 0.25) is 0 Å². The Kier molecular flexibility index (Phi) is 5.05. The van der Waals surface area contributed by atoms with E-state index < -0.39 is 6.10 Å². The predicted octanol–water partition coefficient (Wildman–Crippen LogP) is 5.16. The third kappa shape index (κ3) is 2.74. The largest absolute Gasteiger partial charge is 0.462 e. The molecule has 9 unspecified atom stereocenters. The molecule has 0 aromatic rings. The number of aliphatic hydroxyl groups excluding tert-OH is 1. The van der Waals surface area contributed by atoms with Gasteiger partial charge in [0.1, 0.15) is 11.9 Å². The van der Waals surface area contributed by atoms with Gasteiger partial charge in [0.25, 0.3) is 0 Å². The molecule has 170 valence electrons. The first-order chi connectivity index (χ1) is 13.8. The Balaban J connectivity index is 1.72. The normalized spacial score (nSPS) is 52.0. The maximum absolute atomic E-state index is 12.4. The summed E-state index contributed by atoms with van der Waals surface area (Å²) in [5.41, 5.74) is 0.198. The van der Waals surface area contributed by atoms with Crippen LogP contribution in [0.1, 0.15) is 93.4 Å². The summed E-state index contributed by atoms with van der Waals surface area (Å²) in [4.78, 5) is 24.1. The molecule has 30 heavy (non-hydrogen) atoms. The maximum atomic E-state index is 12.4. The molecule has 4 saturated carbocycles. The van der Waals surface area contributed by atoms with E-state index in [0.717, 1.165) is 44.9 Å². The van der Waals surface area contributed by atoms with Gasteiger partial charge in [0.15, 0.2) is 0 Å². The van der Waals surface area contributed by atoms with Gasteiger partial charge in [0, 0.05) is 24.2 Å². The van der Waals surface area contributed by atoms with Gasteiger partial charge in [-0.3, -0.25) is 9.59 Å². The average molecular weight is 419 g/mol. The maximum Gasteiger partial charge on any atom is 0.302 e. The molecular formula is C26H42O4. The molecule has 0 spiro atoms. The number of rotatable bonds is 2. The van der Waals surface area contributed by atoms with E-state index in [2.05, 4.69) is 34.6 Å². The van der Waals surface area contributed by atoms with Crippen molar-refractivity contribution in [1.29, 1.82) is 0 Å². The van der Waals surface area contributed by atoms with Crippen LogP contribution < -0.4 is 0 Å². The van der Waals surface area contributed by atoms with Crippen LogP contribution in [0, 0.1) is 45.3 Å². The average Bonchev–Trinajstić information content (AvgIpc) is 3.00. The molecule has 0 heterocycles. The van der Waals surface area contributed by atoms with E-state index in [-0.39, 0.29) is 51.4 Å². The van der Waals surface area contributed by atoms with E-state index in [0.29, 0.717) is 11.8 Å². The van der Waals surface area contributed by atoms with Gasteiger partial charge in [-0.05, 0) is 80.0 Å². The lowest BCUT2D eigenvalue weighted by molar-refractivity contribution is -0.243. The summed E-state index contributed by atoms with van der Waals surface area (Å²) in [6, 6.07) is 0. The lowest BCUT2D eigenvalue weighted by atomic mass is 9.35. The SMILES string of the molecule is CC(=O)OC1CCC2(C)C(CCC3(C)C2CC(O)C2C(C(C)=O)CCC23C)C1(C)C. The summed E-state index contributed by atoms with van der Waals surface area (Å²) in [6.45, 7) is 15.1. The molecule has 0 aromatic carbocycles. The van der Waals surface area contributed by atoms with Gasteiger partial charge in [0.05, 0.1) is 6.10 Å². The molecule has 4 heteroatoms. The Hall–Kier alpha value is -0.900. The molecule has 4 fully saturated rings. The number of carbonyl (C=O) groups excluding carboxylic acids is 2. The Morgan fingerprint density at radius 2 is 1.50 bits per heavy atom. The number of ether oxygens (including phenoxy) is 1. The second-order valence-corrected chi connectivity index (χ2v) is 12.5. The summed E-state index contributed by atoms with van der Waals surface area (Å²) < 4.78 is 5.79. The van der Waals surface area contributed by atoms with Gasteiger partial charge in [-0.2, -0.15) is 0 Å². The first kappa shape index (κ1) is 22.3. The van der Waals surface area contributed by atoms with Crippen molar-refractivity contribution in [3.8, 4) is 0 Å². The van der Waals surface area contributed by atoms with Crippen LogP contribution >= 0.6 is 0 Å². The van der Waals surface area contributed by atoms with Crippen molar-refractivity contribution in [1.82, 2.24) is 0 Å². The Morgan fingerprint density at radius 3 is 2.10 bits per heavy atom. The molecule has 0 amide bonds. The predicted molar refractivity (Wildman–Crippen MR) is 117 cm³/mol. The highest BCUT2D eigenvalue weighted by Crippen LogP contribution is 2.75.